The topological polar surface area (TPSA) is 117 Å². The molecule has 10 heteroatoms. The molecule has 150 valence electrons. The first-order chi connectivity index (χ1) is 13.9. The van der Waals surface area contributed by atoms with Crippen LogP contribution in [0.15, 0.2) is 47.0 Å². The number of methoxy groups -OCH3 is 1. The van der Waals surface area contributed by atoms with Crippen molar-refractivity contribution in [1.82, 2.24) is 5.16 Å². The fourth-order valence-corrected chi connectivity index (χ4v) is 2.75. The van der Waals surface area contributed by atoms with Gasteiger partial charge in [-0.1, -0.05) is 28.9 Å². The standard InChI is InChI=1S/C19H16ClN3O6/c1-11-13(10-28-17-6-4-3-5-16(17)27-2)18(22-29-11)19(24)21-15-8-7-12(23(25)26)9-14(15)20/h3-9H,10H2,1-2H3,(H,21,24). The van der Waals surface area contributed by atoms with Gasteiger partial charge < -0.3 is 19.3 Å². The maximum Gasteiger partial charge on any atom is 0.278 e. The van der Waals surface area contributed by atoms with E-state index in [1.54, 1.807) is 25.1 Å². The van der Waals surface area contributed by atoms with Crippen LogP contribution >= 0.6 is 11.6 Å². The molecule has 0 saturated carbocycles. The summed E-state index contributed by atoms with van der Waals surface area (Å²) in [7, 11) is 1.53. The lowest BCUT2D eigenvalue weighted by atomic mass is 10.2. The highest BCUT2D eigenvalue weighted by molar-refractivity contribution is 6.34. The summed E-state index contributed by atoms with van der Waals surface area (Å²) in [6.45, 7) is 1.68. The number of benzene rings is 2. The number of nitro benzene ring substituents is 1. The second-order valence-electron chi connectivity index (χ2n) is 5.88. The number of anilines is 1. The molecule has 1 aromatic heterocycles. The number of nitro groups is 1. The van der Waals surface area contributed by atoms with Gasteiger partial charge in [0, 0.05) is 12.1 Å². The van der Waals surface area contributed by atoms with Crippen molar-refractivity contribution in [2.24, 2.45) is 0 Å². The van der Waals surface area contributed by atoms with Crippen molar-refractivity contribution in [3.05, 3.63) is 74.6 Å². The van der Waals surface area contributed by atoms with Crippen molar-refractivity contribution in [2.45, 2.75) is 13.5 Å². The first-order valence-corrected chi connectivity index (χ1v) is 8.74. The molecule has 9 nitrogen and oxygen atoms in total. The largest absolute Gasteiger partial charge is 0.493 e. The highest BCUT2D eigenvalue weighted by atomic mass is 35.5. The maximum atomic E-state index is 12.6. The molecule has 0 fully saturated rings. The molecule has 1 N–H and O–H groups in total. The molecule has 0 atom stereocenters. The zero-order valence-electron chi connectivity index (χ0n) is 15.5. The van der Waals surface area contributed by atoms with Gasteiger partial charge in [-0.15, -0.1) is 0 Å². The number of aryl methyl sites for hydroxylation is 1. The van der Waals surface area contributed by atoms with Crippen LogP contribution in [0.5, 0.6) is 11.5 Å². The summed E-state index contributed by atoms with van der Waals surface area (Å²) in [5.74, 6) is 0.877. The predicted octanol–water partition coefficient (Wildman–Crippen LogP) is 4.38. The molecule has 0 saturated heterocycles. The van der Waals surface area contributed by atoms with Crippen molar-refractivity contribution in [2.75, 3.05) is 12.4 Å². The molecule has 29 heavy (non-hydrogen) atoms. The minimum Gasteiger partial charge on any atom is -0.493 e. The van der Waals surface area contributed by atoms with E-state index in [4.69, 9.17) is 25.6 Å². The molecule has 1 amide bonds. The second-order valence-corrected chi connectivity index (χ2v) is 6.29. The lowest BCUT2D eigenvalue weighted by Crippen LogP contribution is -2.15. The van der Waals surface area contributed by atoms with Crippen LogP contribution in [0, 0.1) is 17.0 Å². The average molecular weight is 418 g/mol. The van der Waals surface area contributed by atoms with Gasteiger partial charge in [0.05, 0.1) is 28.3 Å². The Balaban J connectivity index is 1.78. The molecule has 2 aromatic carbocycles. The Morgan fingerprint density at radius 3 is 2.66 bits per heavy atom. The van der Waals surface area contributed by atoms with Crippen LogP contribution < -0.4 is 14.8 Å². The minimum absolute atomic E-state index is 0.0202. The molecular weight excluding hydrogens is 402 g/mol. The van der Waals surface area contributed by atoms with Crippen molar-refractivity contribution in [3.63, 3.8) is 0 Å². The molecular formula is C19H16ClN3O6. The van der Waals surface area contributed by atoms with E-state index in [1.807, 2.05) is 6.07 Å². The lowest BCUT2D eigenvalue weighted by molar-refractivity contribution is -0.384. The number of carbonyl (C=O) groups is 1. The molecule has 0 spiro atoms. The number of amides is 1. The van der Waals surface area contributed by atoms with E-state index in [2.05, 4.69) is 10.5 Å². The first-order valence-electron chi connectivity index (χ1n) is 8.37. The number of nitrogens with zero attached hydrogens (tertiary/aromatic N) is 2. The van der Waals surface area contributed by atoms with E-state index in [0.717, 1.165) is 6.07 Å². The van der Waals surface area contributed by atoms with Gasteiger partial charge in [0.25, 0.3) is 11.6 Å². The van der Waals surface area contributed by atoms with Crippen LogP contribution in [0.25, 0.3) is 0 Å². The number of rotatable bonds is 7. The number of hydrogen-bond acceptors (Lipinski definition) is 7. The van der Waals surface area contributed by atoms with Crippen LogP contribution in [-0.4, -0.2) is 23.1 Å². The Hall–Kier alpha value is -3.59. The van der Waals surface area contributed by atoms with E-state index in [-0.39, 0.29) is 28.7 Å². The molecule has 1 heterocycles. The number of aromatic nitrogens is 1. The summed E-state index contributed by atoms with van der Waals surface area (Å²) in [4.78, 5) is 22.9. The number of non-ortho nitro benzene ring substituents is 1. The third-order valence-electron chi connectivity index (χ3n) is 4.05. The Kier molecular flexibility index (Phi) is 5.99. The summed E-state index contributed by atoms with van der Waals surface area (Å²) < 4.78 is 16.1. The van der Waals surface area contributed by atoms with Crippen LogP contribution in [0.1, 0.15) is 21.8 Å². The summed E-state index contributed by atoms with van der Waals surface area (Å²) in [5, 5.41) is 17.2. The smallest absolute Gasteiger partial charge is 0.278 e. The van der Waals surface area contributed by atoms with Crippen LogP contribution in [-0.2, 0) is 6.61 Å². The Morgan fingerprint density at radius 1 is 1.28 bits per heavy atom. The monoisotopic (exact) mass is 417 g/mol. The highest BCUT2D eigenvalue weighted by Crippen LogP contribution is 2.29. The van der Waals surface area contributed by atoms with Crippen molar-refractivity contribution < 1.29 is 23.7 Å². The van der Waals surface area contributed by atoms with E-state index in [9.17, 15) is 14.9 Å². The third kappa shape index (κ3) is 4.46. The van der Waals surface area contributed by atoms with Gasteiger partial charge in [-0.05, 0) is 25.1 Å². The number of halogens is 1. The van der Waals surface area contributed by atoms with Gasteiger partial charge in [0.1, 0.15) is 12.4 Å². The fourth-order valence-electron chi connectivity index (χ4n) is 2.53. The Morgan fingerprint density at radius 2 is 2.00 bits per heavy atom. The highest BCUT2D eigenvalue weighted by Gasteiger charge is 2.22. The van der Waals surface area contributed by atoms with Crippen molar-refractivity contribution >= 4 is 28.9 Å². The van der Waals surface area contributed by atoms with E-state index in [0.29, 0.717) is 22.8 Å². The van der Waals surface area contributed by atoms with E-state index < -0.39 is 10.8 Å². The molecule has 3 rings (SSSR count). The Labute approximate surface area is 170 Å². The van der Waals surface area contributed by atoms with Crippen molar-refractivity contribution in [3.8, 4) is 11.5 Å². The number of ether oxygens (including phenoxy) is 2. The maximum absolute atomic E-state index is 12.6. The summed E-state index contributed by atoms with van der Waals surface area (Å²) in [6, 6.07) is 10.8. The van der Waals surface area contributed by atoms with Gasteiger partial charge in [-0.3, -0.25) is 14.9 Å². The number of carbonyl (C=O) groups excluding carboxylic acids is 1. The molecule has 0 unspecified atom stereocenters. The molecule has 0 aliphatic carbocycles. The fraction of sp³-hybridized carbons (Fsp3) is 0.158. The van der Waals surface area contributed by atoms with Gasteiger partial charge >= 0.3 is 0 Å². The average Bonchev–Trinajstić information content (AvgIpc) is 3.08. The molecule has 0 radical (unpaired) electrons. The van der Waals surface area contributed by atoms with Gasteiger partial charge in [-0.2, -0.15) is 0 Å². The Bertz CT molecular complexity index is 1070. The normalized spacial score (nSPS) is 10.4. The zero-order valence-corrected chi connectivity index (χ0v) is 16.2. The molecule has 3 aromatic rings. The summed E-state index contributed by atoms with van der Waals surface area (Å²) in [6.07, 6.45) is 0. The summed E-state index contributed by atoms with van der Waals surface area (Å²) in [5.41, 5.74) is 0.494. The zero-order chi connectivity index (χ0) is 21.0. The molecule has 0 aliphatic rings. The quantitative estimate of drug-likeness (QED) is 0.447. The van der Waals surface area contributed by atoms with Gasteiger partial charge in [-0.25, -0.2) is 0 Å². The summed E-state index contributed by atoms with van der Waals surface area (Å²) >= 11 is 6.02. The van der Waals surface area contributed by atoms with Crippen LogP contribution in [0.4, 0.5) is 11.4 Å². The number of nitrogens with one attached hydrogen (secondary N) is 1. The van der Waals surface area contributed by atoms with E-state index >= 15 is 0 Å². The molecule has 0 bridgehead atoms. The minimum atomic E-state index is -0.587. The number of hydrogen-bond donors (Lipinski definition) is 1. The molecule has 0 aliphatic heterocycles. The van der Waals surface area contributed by atoms with Gasteiger partial charge in [0.2, 0.25) is 0 Å². The van der Waals surface area contributed by atoms with Gasteiger partial charge in [0.15, 0.2) is 17.2 Å². The third-order valence-corrected chi connectivity index (χ3v) is 4.37. The van der Waals surface area contributed by atoms with Crippen LogP contribution in [0.3, 0.4) is 0 Å². The van der Waals surface area contributed by atoms with E-state index in [1.165, 1.54) is 19.2 Å². The SMILES string of the molecule is COc1ccccc1OCc1c(C(=O)Nc2ccc([N+](=O)[O-])cc2Cl)noc1C. The first kappa shape index (κ1) is 20.2. The van der Waals surface area contributed by atoms with Crippen LogP contribution in [0.2, 0.25) is 5.02 Å². The second kappa shape index (κ2) is 8.61. The predicted molar refractivity (Wildman–Crippen MR) is 105 cm³/mol. The number of para-hydroxylation sites is 2. The lowest BCUT2D eigenvalue weighted by Gasteiger charge is -2.10. The van der Waals surface area contributed by atoms with Crippen molar-refractivity contribution in [1.29, 1.82) is 0 Å².